The van der Waals surface area contributed by atoms with Gasteiger partial charge in [-0.3, -0.25) is 9.59 Å². The Morgan fingerprint density at radius 1 is 0.677 bits per heavy atom. The Kier molecular flexibility index (Phi) is 13.3. The van der Waals surface area contributed by atoms with E-state index < -0.39 is 0 Å². The Labute approximate surface area is 191 Å². The molecule has 4 nitrogen and oxygen atoms in total. The molecule has 31 heavy (non-hydrogen) atoms. The lowest BCUT2D eigenvalue weighted by Crippen LogP contribution is -2.38. The third-order valence-electron chi connectivity index (χ3n) is 7.41. The number of hydrogen-bond acceptors (Lipinski definition) is 4. The van der Waals surface area contributed by atoms with Crippen LogP contribution in [0.15, 0.2) is 0 Å². The number of esters is 2. The van der Waals surface area contributed by atoms with Crippen LogP contribution in [0.25, 0.3) is 0 Å². The van der Waals surface area contributed by atoms with Crippen LogP contribution in [0.2, 0.25) is 0 Å². The highest BCUT2D eigenvalue weighted by atomic mass is 16.5. The summed E-state index contributed by atoms with van der Waals surface area (Å²) in [6.07, 6.45) is 20.7. The number of rotatable bonds is 14. The molecule has 0 radical (unpaired) electrons. The first-order valence-corrected chi connectivity index (χ1v) is 13.5. The molecule has 2 fully saturated rings. The van der Waals surface area contributed by atoms with Crippen molar-refractivity contribution in [2.45, 2.75) is 136 Å². The maximum atomic E-state index is 12.9. The fourth-order valence-electron chi connectivity index (χ4n) is 5.26. The first-order chi connectivity index (χ1) is 15.1. The van der Waals surface area contributed by atoms with Crippen molar-refractivity contribution in [3.8, 4) is 0 Å². The molecule has 180 valence electrons. The van der Waals surface area contributed by atoms with Crippen LogP contribution in [0.4, 0.5) is 0 Å². The molecule has 0 aliphatic heterocycles. The molecule has 0 aromatic rings. The molecule has 0 aromatic carbocycles. The van der Waals surface area contributed by atoms with Gasteiger partial charge in [0, 0.05) is 0 Å². The summed E-state index contributed by atoms with van der Waals surface area (Å²) in [6.45, 7) is 4.92. The maximum Gasteiger partial charge on any atom is 0.310 e. The van der Waals surface area contributed by atoms with Gasteiger partial charge in [-0.25, -0.2) is 0 Å². The van der Waals surface area contributed by atoms with Gasteiger partial charge >= 0.3 is 11.9 Å². The molecule has 0 aromatic heterocycles. The minimum Gasteiger partial charge on any atom is -0.465 e. The molecule has 0 bridgehead atoms. The summed E-state index contributed by atoms with van der Waals surface area (Å²) in [5, 5.41) is 0. The number of carbonyl (C=O) groups excluding carboxylic acids is 2. The second-order valence-corrected chi connectivity index (χ2v) is 10.1. The molecular weight excluding hydrogens is 388 g/mol. The van der Waals surface area contributed by atoms with Crippen LogP contribution in [0.5, 0.6) is 0 Å². The van der Waals surface area contributed by atoms with Crippen LogP contribution in [0, 0.1) is 17.8 Å². The van der Waals surface area contributed by atoms with Gasteiger partial charge in [-0.1, -0.05) is 90.9 Å². The van der Waals surface area contributed by atoms with E-state index in [-0.39, 0.29) is 29.9 Å². The summed E-state index contributed by atoms with van der Waals surface area (Å²) in [5.74, 6) is -0.497. The highest BCUT2D eigenvalue weighted by Crippen LogP contribution is 2.34. The molecule has 4 atom stereocenters. The van der Waals surface area contributed by atoms with Crippen molar-refractivity contribution < 1.29 is 19.1 Å². The first-order valence-electron chi connectivity index (χ1n) is 13.5. The highest BCUT2D eigenvalue weighted by molar-refractivity contribution is 5.82. The predicted molar refractivity (Wildman–Crippen MR) is 126 cm³/mol. The zero-order chi connectivity index (χ0) is 22.3. The van der Waals surface area contributed by atoms with Crippen LogP contribution in [0.3, 0.4) is 0 Å². The van der Waals surface area contributed by atoms with Gasteiger partial charge in [0.2, 0.25) is 0 Å². The fraction of sp³-hybridized carbons (Fsp3) is 0.926. The van der Waals surface area contributed by atoms with Gasteiger partial charge in [-0.15, -0.1) is 0 Å². The van der Waals surface area contributed by atoms with Crippen molar-refractivity contribution in [3.63, 3.8) is 0 Å². The quantitative estimate of drug-likeness (QED) is 0.210. The molecule has 2 aliphatic carbocycles. The molecule has 0 amide bonds. The van der Waals surface area contributed by atoms with Crippen molar-refractivity contribution in [3.05, 3.63) is 0 Å². The molecule has 2 aliphatic rings. The second kappa shape index (κ2) is 15.7. The summed E-state index contributed by atoms with van der Waals surface area (Å²) in [7, 11) is 0. The maximum absolute atomic E-state index is 12.9. The number of hydrogen-bond donors (Lipinski definition) is 0. The molecule has 0 heterocycles. The van der Waals surface area contributed by atoms with Crippen molar-refractivity contribution in [1.82, 2.24) is 0 Å². The van der Waals surface area contributed by atoms with Gasteiger partial charge in [0.1, 0.15) is 6.10 Å². The molecular formula is C27H48O4. The largest absolute Gasteiger partial charge is 0.465 e. The van der Waals surface area contributed by atoms with E-state index in [1.165, 1.54) is 57.8 Å². The Balaban J connectivity index is 1.61. The monoisotopic (exact) mass is 436 g/mol. The molecule has 0 spiro atoms. The predicted octanol–water partition coefficient (Wildman–Crippen LogP) is 7.38. The lowest BCUT2D eigenvalue weighted by Gasteiger charge is -2.33. The zero-order valence-electron chi connectivity index (χ0n) is 20.4. The van der Waals surface area contributed by atoms with Crippen LogP contribution in [0.1, 0.15) is 129 Å². The van der Waals surface area contributed by atoms with E-state index in [0.29, 0.717) is 12.5 Å². The summed E-state index contributed by atoms with van der Waals surface area (Å²) in [4.78, 5) is 25.6. The Bertz CT molecular complexity index is 503. The molecule has 2 rings (SSSR count). The van der Waals surface area contributed by atoms with Crippen LogP contribution >= 0.6 is 0 Å². The standard InChI is InChI=1S/C27H48O4/c1-3-4-5-6-7-8-9-10-11-16-21-30-26(28)23-18-13-14-19-24(23)27(29)31-25-20-15-12-17-22(25)2/h22-25H,3-21H2,1-2H3. The van der Waals surface area contributed by atoms with Gasteiger partial charge in [0.15, 0.2) is 0 Å². The van der Waals surface area contributed by atoms with Gasteiger partial charge in [0.05, 0.1) is 18.4 Å². The van der Waals surface area contributed by atoms with E-state index in [1.807, 2.05) is 0 Å². The summed E-state index contributed by atoms with van der Waals surface area (Å²) < 4.78 is 11.5. The van der Waals surface area contributed by atoms with Crippen molar-refractivity contribution in [1.29, 1.82) is 0 Å². The van der Waals surface area contributed by atoms with Crippen molar-refractivity contribution in [2.24, 2.45) is 17.8 Å². The third-order valence-corrected chi connectivity index (χ3v) is 7.41. The van der Waals surface area contributed by atoms with Crippen molar-refractivity contribution in [2.75, 3.05) is 6.61 Å². The summed E-state index contributed by atoms with van der Waals surface area (Å²) >= 11 is 0. The fourth-order valence-corrected chi connectivity index (χ4v) is 5.26. The van der Waals surface area contributed by atoms with Crippen molar-refractivity contribution >= 4 is 11.9 Å². The molecule has 4 heteroatoms. The average molecular weight is 437 g/mol. The van der Waals surface area contributed by atoms with Crippen LogP contribution < -0.4 is 0 Å². The number of ether oxygens (including phenoxy) is 2. The second-order valence-electron chi connectivity index (χ2n) is 10.1. The summed E-state index contributed by atoms with van der Waals surface area (Å²) in [6, 6.07) is 0. The zero-order valence-corrected chi connectivity index (χ0v) is 20.4. The van der Waals surface area contributed by atoms with Gasteiger partial charge in [-0.05, 0) is 44.4 Å². The van der Waals surface area contributed by atoms with E-state index in [1.54, 1.807) is 0 Å². The summed E-state index contributed by atoms with van der Waals surface area (Å²) in [5.41, 5.74) is 0. The highest BCUT2D eigenvalue weighted by Gasteiger charge is 2.39. The molecule has 0 N–H and O–H groups in total. The van der Waals surface area contributed by atoms with E-state index in [9.17, 15) is 9.59 Å². The van der Waals surface area contributed by atoms with E-state index >= 15 is 0 Å². The molecule has 0 saturated heterocycles. The minimum atomic E-state index is -0.303. The SMILES string of the molecule is CCCCCCCCCCCCOC(=O)C1CCCCC1C(=O)OC1CCCCC1C. The normalized spacial score (nSPS) is 26.4. The lowest BCUT2D eigenvalue weighted by molar-refractivity contribution is -0.168. The first kappa shape index (κ1) is 26.2. The third kappa shape index (κ3) is 9.95. The molecule has 2 saturated carbocycles. The van der Waals surface area contributed by atoms with E-state index in [4.69, 9.17) is 9.47 Å². The minimum absolute atomic E-state index is 0.0338. The van der Waals surface area contributed by atoms with E-state index in [2.05, 4.69) is 13.8 Å². The van der Waals surface area contributed by atoms with Crippen LogP contribution in [-0.2, 0) is 19.1 Å². The molecule has 4 unspecified atom stereocenters. The number of unbranched alkanes of at least 4 members (excludes halogenated alkanes) is 9. The topological polar surface area (TPSA) is 52.6 Å². The van der Waals surface area contributed by atoms with E-state index in [0.717, 1.165) is 57.8 Å². The Morgan fingerprint density at radius 3 is 1.81 bits per heavy atom. The van der Waals surface area contributed by atoms with Crippen LogP contribution in [-0.4, -0.2) is 24.6 Å². The van der Waals surface area contributed by atoms with Gasteiger partial charge in [0.25, 0.3) is 0 Å². The smallest absolute Gasteiger partial charge is 0.310 e. The Morgan fingerprint density at radius 2 is 1.19 bits per heavy atom. The average Bonchev–Trinajstić information content (AvgIpc) is 2.78. The Hall–Kier alpha value is -1.06. The lowest BCUT2D eigenvalue weighted by atomic mass is 9.79. The number of carbonyl (C=O) groups is 2. The van der Waals surface area contributed by atoms with Gasteiger partial charge < -0.3 is 9.47 Å². The van der Waals surface area contributed by atoms with Gasteiger partial charge in [-0.2, -0.15) is 0 Å².